The molecule has 0 aliphatic carbocycles. The molecule has 0 saturated heterocycles. The molecule has 0 aliphatic rings. The highest BCUT2D eigenvalue weighted by Crippen LogP contribution is 2.16. The van der Waals surface area contributed by atoms with Crippen molar-refractivity contribution in [1.29, 1.82) is 0 Å². The van der Waals surface area contributed by atoms with E-state index in [0.717, 1.165) is 19.5 Å². The van der Waals surface area contributed by atoms with E-state index in [4.69, 9.17) is 4.42 Å². The molecule has 0 spiro atoms. The SMILES string of the molecule is C[NH+](CCCNS(=O)(=O)c1ccc2[nH]c(=O)oc2c1)Cc1ccccc1. The number of sulfonamides is 1. The Morgan fingerprint density at radius 2 is 1.92 bits per heavy atom. The van der Waals surface area contributed by atoms with Gasteiger partial charge in [0, 0.05) is 24.6 Å². The predicted molar refractivity (Wildman–Crippen MR) is 98.5 cm³/mol. The summed E-state index contributed by atoms with van der Waals surface area (Å²) in [6, 6.07) is 14.5. The second-order valence-electron chi connectivity index (χ2n) is 6.29. The molecule has 3 rings (SSSR count). The number of fused-ring (bicyclic) bond motifs is 1. The van der Waals surface area contributed by atoms with Crippen LogP contribution in [0, 0.1) is 0 Å². The summed E-state index contributed by atoms with van der Waals surface area (Å²) >= 11 is 0. The number of quaternary nitrogens is 1. The zero-order valence-electron chi connectivity index (χ0n) is 14.5. The molecule has 1 aromatic heterocycles. The van der Waals surface area contributed by atoms with E-state index in [-0.39, 0.29) is 10.5 Å². The summed E-state index contributed by atoms with van der Waals surface area (Å²) in [5.74, 6) is -0.605. The lowest BCUT2D eigenvalue weighted by Crippen LogP contribution is -3.07. The van der Waals surface area contributed by atoms with Crippen LogP contribution >= 0.6 is 0 Å². The lowest BCUT2D eigenvalue weighted by atomic mass is 10.2. The van der Waals surface area contributed by atoms with Gasteiger partial charge in [-0.05, 0) is 12.1 Å². The third-order valence-corrected chi connectivity index (χ3v) is 5.58. The van der Waals surface area contributed by atoms with E-state index < -0.39 is 15.8 Å². The number of oxazole rings is 1. The molecule has 26 heavy (non-hydrogen) atoms. The van der Waals surface area contributed by atoms with E-state index in [1.165, 1.54) is 28.7 Å². The second kappa shape index (κ2) is 7.86. The van der Waals surface area contributed by atoms with Gasteiger partial charge in [-0.1, -0.05) is 30.3 Å². The Balaban J connectivity index is 1.52. The predicted octanol–water partition coefficient (Wildman–Crippen LogP) is 0.504. The number of aromatic nitrogens is 1. The molecular weight excluding hydrogens is 354 g/mol. The first-order valence-electron chi connectivity index (χ1n) is 8.42. The van der Waals surface area contributed by atoms with Crippen molar-refractivity contribution in [3.8, 4) is 0 Å². The standard InChI is InChI=1S/C18H21N3O4S/c1-21(13-14-6-3-2-4-7-14)11-5-10-19-26(23,24)15-8-9-16-17(12-15)25-18(22)20-16/h2-4,6-9,12,19H,5,10-11,13H2,1H3,(H,20,22)/p+1. The van der Waals surface area contributed by atoms with E-state index >= 15 is 0 Å². The molecule has 0 bridgehead atoms. The minimum absolute atomic E-state index is 0.0812. The normalized spacial score (nSPS) is 13.1. The molecule has 138 valence electrons. The summed E-state index contributed by atoms with van der Waals surface area (Å²) in [6.45, 7) is 2.10. The number of aromatic amines is 1. The summed E-state index contributed by atoms with van der Waals surface area (Å²) in [5.41, 5.74) is 1.96. The third-order valence-electron chi connectivity index (χ3n) is 4.12. The number of nitrogens with one attached hydrogen (secondary N) is 3. The Morgan fingerprint density at radius 1 is 1.15 bits per heavy atom. The van der Waals surface area contributed by atoms with Crippen molar-refractivity contribution >= 4 is 21.1 Å². The van der Waals surface area contributed by atoms with Crippen LogP contribution in [0.3, 0.4) is 0 Å². The van der Waals surface area contributed by atoms with Gasteiger partial charge in [0.1, 0.15) is 6.54 Å². The Kier molecular flexibility index (Phi) is 5.55. The van der Waals surface area contributed by atoms with Gasteiger partial charge in [0.05, 0.1) is 24.0 Å². The van der Waals surface area contributed by atoms with E-state index in [9.17, 15) is 13.2 Å². The minimum atomic E-state index is -3.63. The smallest absolute Gasteiger partial charge is 0.408 e. The summed E-state index contributed by atoms with van der Waals surface area (Å²) in [4.78, 5) is 15.0. The van der Waals surface area contributed by atoms with Gasteiger partial charge in [-0.25, -0.2) is 17.9 Å². The van der Waals surface area contributed by atoms with E-state index in [2.05, 4.69) is 28.9 Å². The van der Waals surface area contributed by atoms with Crippen molar-refractivity contribution in [3.63, 3.8) is 0 Å². The fourth-order valence-electron chi connectivity index (χ4n) is 2.81. The zero-order chi connectivity index (χ0) is 18.6. The van der Waals surface area contributed by atoms with Gasteiger partial charge in [0.25, 0.3) is 0 Å². The van der Waals surface area contributed by atoms with Gasteiger partial charge < -0.3 is 9.32 Å². The van der Waals surface area contributed by atoms with Crippen LogP contribution in [0.1, 0.15) is 12.0 Å². The topological polar surface area (TPSA) is 96.6 Å². The highest BCUT2D eigenvalue weighted by Gasteiger charge is 2.15. The molecule has 7 nitrogen and oxygen atoms in total. The number of hydrogen-bond acceptors (Lipinski definition) is 4. The summed E-state index contributed by atoms with van der Waals surface area (Å²) in [7, 11) is -1.55. The fourth-order valence-corrected chi connectivity index (χ4v) is 3.89. The number of hydrogen-bond donors (Lipinski definition) is 3. The van der Waals surface area contributed by atoms with E-state index in [1.54, 1.807) is 0 Å². The Hall–Kier alpha value is -2.42. The van der Waals surface area contributed by atoms with Crippen molar-refractivity contribution in [1.82, 2.24) is 9.71 Å². The summed E-state index contributed by atoms with van der Waals surface area (Å²) in [6.07, 6.45) is 0.722. The molecule has 0 saturated carbocycles. The lowest BCUT2D eigenvalue weighted by Gasteiger charge is -2.14. The van der Waals surface area contributed by atoms with Crippen LogP contribution < -0.4 is 15.4 Å². The Labute approximate surface area is 151 Å². The van der Waals surface area contributed by atoms with Crippen LogP contribution in [0.2, 0.25) is 0 Å². The first-order chi connectivity index (χ1) is 12.4. The van der Waals surface area contributed by atoms with Gasteiger partial charge in [0.15, 0.2) is 5.58 Å². The summed E-state index contributed by atoms with van der Waals surface area (Å²) in [5, 5.41) is 0. The fraction of sp³-hybridized carbons (Fsp3) is 0.278. The average molecular weight is 376 g/mol. The average Bonchev–Trinajstić information content (AvgIpc) is 2.99. The molecule has 1 atom stereocenters. The lowest BCUT2D eigenvalue weighted by molar-refractivity contribution is -0.893. The Bertz CT molecular complexity index is 1030. The molecule has 0 amide bonds. The Morgan fingerprint density at radius 3 is 2.69 bits per heavy atom. The first-order valence-corrected chi connectivity index (χ1v) is 9.90. The maximum atomic E-state index is 12.4. The zero-order valence-corrected chi connectivity index (χ0v) is 15.3. The van der Waals surface area contributed by atoms with Crippen LogP contribution in [0.15, 0.2) is 62.6 Å². The molecule has 2 aromatic carbocycles. The largest absolute Gasteiger partial charge is 0.417 e. The van der Waals surface area contributed by atoms with Crippen molar-refractivity contribution in [2.45, 2.75) is 17.9 Å². The summed E-state index contributed by atoms with van der Waals surface area (Å²) < 4.78 is 32.2. The van der Waals surface area contributed by atoms with Crippen LogP contribution in [-0.2, 0) is 16.6 Å². The molecule has 8 heteroatoms. The van der Waals surface area contributed by atoms with Gasteiger partial charge >= 0.3 is 5.76 Å². The highest BCUT2D eigenvalue weighted by atomic mass is 32.2. The van der Waals surface area contributed by atoms with E-state index in [1.807, 2.05) is 18.2 Å². The van der Waals surface area contributed by atoms with Gasteiger partial charge in [-0.2, -0.15) is 0 Å². The molecular formula is C18H22N3O4S+. The minimum Gasteiger partial charge on any atom is -0.408 e. The molecule has 3 N–H and O–H groups in total. The van der Waals surface area contributed by atoms with Gasteiger partial charge in [-0.3, -0.25) is 4.98 Å². The second-order valence-corrected chi connectivity index (χ2v) is 8.06. The van der Waals surface area contributed by atoms with Crippen molar-refractivity contribution in [3.05, 3.63) is 64.6 Å². The van der Waals surface area contributed by atoms with Gasteiger partial charge in [-0.15, -0.1) is 0 Å². The molecule has 0 aliphatic heterocycles. The van der Waals surface area contributed by atoms with Crippen molar-refractivity contribution in [2.75, 3.05) is 20.1 Å². The van der Waals surface area contributed by atoms with Crippen LogP contribution in [0.5, 0.6) is 0 Å². The van der Waals surface area contributed by atoms with Crippen LogP contribution in [0.4, 0.5) is 0 Å². The molecule has 3 aromatic rings. The monoisotopic (exact) mass is 376 g/mol. The van der Waals surface area contributed by atoms with Gasteiger partial charge in [0.2, 0.25) is 10.0 Å². The maximum Gasteiger partial charge on any atom is 0.417 e. The van der Waals surface area contributed by atoms with Crippen LogP contribution in [-0.4, -0.2) is 33.5 Å². The molecule has 1 heterocycles. The third kappa shape index (κ3) is 4.60. The van der Waals surface area contributed by atoms with Crippen molar-refractivity contribution < 1.29 is 17.7 Å². The number of rotatable bonds is 8. The molecule has 0 radical (unpaired) electrons. The van der Waals surface area contributed by atoms with Crippen LogP contribution in [0.25, 0.3) is 11.1 Å². The van der Waals surface area contributed by atoms with Crippen molar-refractivity contribution in [2.24, 2.45) is 0 Å². The highest BCUT2D eigenvalue weighted by molar-refractivity contribution is 7.89. The molecule has 0 fully saturated rings. The first kappa shape index (κ1) is 18.4. The van der Waals surface area contributed by atoms with E-state index in [0.29, 0.717) is 12.1 Å². The number of benzene rings is 2. The number of H-pyrrole nitrogens is 1. The quantitative estimate of drug-likeness (QED) is 0.499. The molecule has 1 unspecified atom stereocenters. The maximum absolute atomic E-state index is 12.4.